The van der Waals surface area contributed by atoms with Gasteiger partial charge in [-0.15, -0.1) is 0 Å². The molecular formula is C20H18N2O6. The van der Waals surface area contributed by atoms with E-state index in [9.17, 15) is 19.5 Å². The molecule has 2 N–H and O–H groups in total. The number of amides is 1. The van der Waals surface area contributed by atoms with E-state index in [1.165, 1.54) is 19.5 Å². The number of ether oxygens (including phenoxy) is 1. The molecule has 1 atom stereocenters. The number of ketones is 1. The maximum Gasteiger partial charge on any atom is 0.305 e. The number of aliphatic hydroxyl groups is 1. The molecule has 1 fully saturated rings. The van der Waals surface area contributed by atoms with Crippen LogP contribution >= 0.6 is 0 Å². The first-order valence-electron chi connectivity index (χ1n) is 8.48. The van der Waals surface area contributed by atoms with Crippen LogP contribution in [-0.2, 0) is 14.4 Å². The van der Waals surface area contributed by atoms with Crippen LogP contribution in [0.1, 0.15) is 23.6 Å². The molecule has 1 aromatic carbocycles. The van der Waals surface area contributed by atoms with E-state index in [1.807, 2.05) is 0 Å². The summed E-state index contributed by atoms with van der Waals surface area (Å²) < 4.78 is 5.08. The molecule has 8 nitrogen and oxygen atoms in total. The smallest absolute Gasteiger partial charge is 0.305 e. The third kappa shape index (κ3) is 3.57. The van der Waals surface area contributed by atoms with Crippen LogP contribution in [0.15, 0.2) is 54.4 Å². The first kappa shape index (κ1) is 19.1. The number of carbonyl (C=O) groups is 3. The topological polar surface area (TPSA) is 117 Å². The van der Waals surface area contributed by atoms with E-state index in [2.05, 4.69) is 4.98 Å². The van der Waals surface area contributed by atoms with Crippen molar-refractivity contribution in [2.24, 2.45) is 0 Å². The minimum atomic E-state index is -1.10. The van der Waals surface area contributed by atoms with Gasteiger partial charge in [0.1, 0.15) is 11.5 Å². The Bertz CT molecular complexity index is 937. The van der Waals surface area contributed by atoms with Crippen LogP contribution < -0.4 is 4.74 Å². The van der Waals surface area contributed by atoms with Crippen LogP contribution in [0, 0.1) is 0 Å². The van der Waals surface area contributed by atoms with Crippen LogP contribution in [-0.4, -0.2) is 51.4 Å². The van der Waals surface area contributed by atoms with E-state index in [0.717, 1.165) is 4.90 Å². The van der Waals surface area contributed by atoms with Crippen molar-refractivity contribution in [1.29, 1.82) is 0 Å². The summed E-state index contributed by atoms with van der Waals surface area (Å²) in [6.45, 7) is -0.168. The number of carboxylic acids is 1. The van der Waals surface area contributed by atoms with Crippen molar-refractivity contribution < 1.29 is 29.3 Å². The minimum absolute atomic E-state index is 0.103. The molecule has 0 bridgehead atoms. The lowest BCUT2D eigenvalue weighted by molar-refractivity contribution is -0.142. The lowest BCUT2D eigenvalue weighted by Crippen LogP contribution is -2.31. The van der Waals surface area contributed by atoms with Gasteiger partial charge in [-0.3, -0.25) is 19.4 Å². The zero-order chi connectivity index (χ0) is 20.3. The van der Waals surface area contributed by atoms with Crippen LogP contribution in [0.2, 0.25) is 0 Å². The molecule has 8 heteroatoms. The first-order valence-corrected chi connectivity index (χ1v) is 8.48. The fraction of sp³-hybridized carbons (Fsp3) is 0.200. The Kier molecular flexibility index (Phi) is 5.39. The van der Waals surface area contributed by atoms with Crippen molar-refractivity contribution >= 4 is 23.4 Å². The van der Waals surface area contributed by atoms with Crippen molar-refractivity contribution in [3.8, 4) is 5.75 Å². The highest BCUT2D eigenvalue weighted by molar-refractivity contribution is 6.46. The molecule has 0 spiro atoms. The molecule has 2 heterocycles. The summed E-state index contributed by atoms with van der Waals surface area (Å²) in [5.41, 5.74) is 0.738. The van der Waals surface area contributed by atoms with Gasteiger partial charge in [-0.25, -0.2) is 0 Å². The summed E-state index contributed by atoms with van der Waals surface area (Å²) in [5, 5.41) is 19.8. The molecule has 1 amide bonds. The Hall–Kier alpha value is -3.68. The van der Waals surface area contributed by atoms with Gasteiger partial charge in [-0.1, -0.05) is 6.07 Å². The number of methoxy groups -OCH3 is 1. The molecule has 1 aliphatic heterocycles. The maximum atomic E-state index is 12.7. The van der Waals surface area contributed by atoms with E-state index in [0.29, 0.717) is 16.9 Å². The second-order valence-corrected chi connectivity index (χ2v) is 6.15. The highest BCUT2D eigenvalue weighted by Crippen LogP contribution is 2.39. The minimum Gasteiger partial charge on any atom is -0.507 e. The Morgan fingerprint density at radius 1 is 1.18 bits per heavy atom. The average Bonchev–Trinajstić information content (AvgIpc) is 2.97. The van der Waals surface area contributed by atoms with E-state index in [1.54, 1.807) is 36.4 Å². The normalized spacial score (nSPS) is 18.3. The number of aliphatic carboxylic acids is 1. The van der Waals surface area contributed by atoms with Gasteiger partial charge < -0.3 is 19.8 Å². The standard InChI is InChI=1S/C20H18N2O6/c1-28-14-6-4-12(5-7-14)18(25)16-17(13-3-2-9-21-11-13)22(10-8-15(23)24)20(27)19(16)26/h2-7,9,11,17,25H,8,10H2,1H3,(H,23,24)/t17-/m1/s1. The number of hydrogen-bond donors (Lipinski definition) is 2. The molecule has 3 rings (SSSR count). The first-order chi connectivity index (χ1) is 13.4. The third-order valence-corrected chi connectivity index (χ3v) is 4.47. The number of pyridine rings is 1. The summed E-state index contributed by atoms with van der Waals surface area (Å²) in [5.74, 6) is -2.59. The van der Waals surface area contributed by atoms with Gasteiger partial charge in [0.2, 0.25) is 0 Å². The molecule has 144 valence electrons. The SMILES string of the molecule is COc1ccc(C(O)=C2C(=O)C(=O)N(CCC(=O)O)[C@@H]2c2cccnc2)cc1. The van der Waals surface area contributed by atoms with E-state index in [-0.39, 0.29) is 24.3 Å². The molecule has 1 saturated heterocycles. The highest BCUT2D eigenvalue weighted by Gasteiger charge is 2.46. The van der Waals surface area contributed by atoms with Crippen molar-refractivity contribution in [1.82, 2.24) is 9.88 Å². The Labute approximate surface area is 160 Å². The van der Waals surface area contributed by atoms with Gasteiger partial charge in [0.15, 0.2) is 0 Å². The predicted molar refractivity (Wildman–Crippen MR) is 98.5 cm³/mol. The molecule has 0 aliphatic carbocycles. The summed E-state index contributed by atoms with van der Waals surface area (Å²) in [4.78, 5) is 41.4. The van der Waals surface area contributed by atoms with Crippen LogP contribution in [0.25, 0.3) is 5.76 Å². The number of aliphatic hydroxyl groups excluding tert-OH is 1. The molecule has 2 aromatic rings. The second kappa shape index (κ2) is 7.91. The number of Topliss-reactive ketones (excluding diaryl/α,β-unsaturated/α-hetero) is 1. The summed E-state index contributed by atoms with van der Waals surface area (Å²) in [6.07, 6.45) is 2.69. The number of hydrogen-bond acceptors (Lipinski definition) is 6. The number of aromatic nitrogens is 1. The largest absolute Gasteiger partial charge is 0.507 e. The number of likely N-dealkylation sites (tertiary alicyclic amines) is 1. The lowest BCUT2D eigenvalue weighted by Gasteiger charge is -2.24. The number of carboxylic acid groups (broad SMARTS) is 1. The average molecular weight is 382 g/mol. The van der Waals surface area contributed by atoms with Crippen LogP contribution in [0.3, 0.4) is 0 Å². The van der Waals surface area contributed by atoms with Gasteiger partial charge in [0.05, 0.1) is 25.1 Å². The van der Waals surface area contributed by atoms with Crippen LogP contribution in [0.4, 0.5) is 0 Å². The Morgan fingerprint density at radius 3 is 2.46 bits per heavy atom. The van der Waals surface area contributed by atoms with Crippen molar-refractivity contribution in [3.05, 3.63) is 65.5 Å². The second-order valence-electron chi connectivity index (χ2n) is 6.15. The van der Waals surface area contributed by atoms with Crippen molar-refractivity contribution in [2.45, 2.75) is 12.5 Å². The van der Waals surface area contributed by atoms with Gasteiger partial charge in [-0.2, -0.15) is 0 Å². The summed E-state index contributed by atoms with van der Waals surface area (Å²) >= 11 is 0. The number of rotatable bonds is 6. The fourth-order valence-electron chi connectivity index (χ4n) is 3.12. The summed E-state index contributed by atoms with van der Waals surface area (Å²) in [6, 6.07) is 8.76. The zero-order valence-electron chi connectivity index (χ0n) is 15.0. The fourth-order valence-corrected chi connectivity index (χ4v) is 3.12. The maximum absolute atomic E-state index is 12.7. The number of carbonyl (C=O) groups excluding carboxylic acids is 2. The molecule has 0 saturated carbocycles. The molecule has 0 radical (unpaired) electrons. The van der Waals surface area contributed by atoms with Crippen molar-refractivity contribution in [3.63, 3.8) is 0 Å². The van der Waals surface area contributed by atoms with Gasteiger partial charge >= 0.3 is 5.97 Å². The molecule has 28 heavy (non-hydrogen) atoms. The highest BCUT2D eigenvalue weighted by atomic mass is 16.5. The van der Waals surface area contributed by atoms with E-state index < -0.39 is 23.7 Å². The third-order valence-electron chi connectivity index (χ3n) is 4.47. The van der Waals surface area contributed by atoms with Crippen molar-refractivity contribution in [2.75, 3.05) is 13.7 Å². The van der Waals surface area contributed by atoms with Gasteiger partial charge in [0.25, 0.3) is 11.7 Å². The predicted octanol–water partition coefficient (Wildman–Crippen LogP) is 1.99. The Balaban J connectivity index is 2.11. The van der Waals surface area contributed by atoms with Gasteiger partial charge in [-0.05, 0) is 35.9 Å². The number of benzene rings is 1. The van der Waals surface area contributed by atoms with Crippen LogP contribution in [0.5, 0.6) is 5.75 Å². The monoisotopic (exact) mass is 382 g/mol. The Morgan fingerprint density at radius 2 is 1.89 bits per heavy atom. The molecule has 0 unspecified atom stereocenters. The quantitative estimate of drug-likeness (QED) is 0.446. The lowest BCUT2D eigenvalue weighted by atomic mass is 9.96. The molecule has 1 aliphatic rings. The molecule has 1 aromatic heterocycles. The summed E-state index contributed by atoms with van der Waals surface area (Å²) in [7, 11) is 1.51. The van der Waals surface area contributed by atoms with E-state index in [4.69, 9.17) is 9.84 Å². The number of nitrogens with zero attached hydrogens (tertiary/aromatic N) is 2. The zero-order valence-corrected chi connectivity index (χ0v) is 15.0. The van der Waals surface area contributed by atoms with E-state index >= 15 is 0 Å². The molecular weight excluding hydrogens is 364 g/mol. The van der Waals surface area contributed by atoms with Gasteiger partial charge in [0, 0.05) is 24.5 Å².